The first-order chi connectivity index (χ1) is 8.53. The number of hydrogen-bond donors (Lipinski definition) is 1. The fraction of sp³-hybridized carbons (Fsp3) is 0.538. The summed E-state index contributed by atoms with van der Waals surface area (Å²) in [6.07, 6.45) is 2.29. The summed E-state index contributed by atoms with van der Waals surface area (Å²) in [4.78, 5) is 0.403. The summed E-state index contributed by atoms with van der Waals surface area (Å²) in [7, 11) is -3.20. The van der Waals surface area contributed by atoms with E-state index in [2.05, 4.69) is 21.2 Å². The first kappa shape index (κ1) is 14.0. The molecule has 1 unspecified atom stereocenters. The van der Waals surface area contributed by atoms with Crippen LogP contribution in [0.25, 0.3) is 0 Å². The van der Waals surface area contributed by atoms with Crippen LogP contribution in [-0.4, -0.2) is 26.8 Å². The molecule has 0 aromatic heterocycles. The van der Waals surface area contributed by atoms with Gasteiger partial charge in [0, 0.05) is 10.5 Å². The highest BCUT2D eigenvalue weighted by atomic mass is 79.9. The first-order valence-corrected chi connectivity index (χ1v) is 8.69. The van der Waals surface area contributed by atoms with E-state index in [9.17, 15) is 8.42 Å². The molecule has 5 heteroatoms. The van der Waals surface area contributed by atoms with Crippen LogP contribution in [0.4, 0.5) is 0 Å². The third kappa shape index (κ3) is 3.56. The number of nitrogens with one attached hydrogen (secondary N) is 1. The van der Waals surface area contributed by atoms with Crippen LogP contribution in [0.3, 0.4) is 0 Å². The highest BCUT2D eigenvalue weighted by molar-refractivity contribution is 9.10. The van der Waals surface area contributed by atoms with Crippen LogP contribution < -0.4 is 5.32 Å². The average molecular weight is 332 g/mol. The van der Waals surface area contributed by atoms with E-state index in [1.165, 1.54) is 0 Å². The molecule has 0 radical (unpaired) electrons. The Morgan fingerprint density at radius 1 is 1.44 bits per heavy atom. The van der Waals surface area contributed by atoms with Gasteiger partial charge in [-0.2, -0.15) is 0 Å². The zero-order chi connectivity index (χ0) is 13.2. The molecule has 0 saturated heterocycles. The molecule has 1 aliphatic carbocycles. The second kappa shape index (κ2) is 5.72. The second-order valence-electron chi connectivity index (χ2n) is 4.74. The summed E-state index contributed by atoms with van der Waals surface area (Å²) in [5.41, 5.74) is 0. The number of halogens is 1. The standard InChI is InChI=1S/C13H18BrNO2S/c1-2-15-13(10-6-7-10)9-18(16,17)12-5-3-4-11(14)8-12/h3-5,8,10,13,15H,2,6-7,9H2,1H3. The summed E-state index contributed by atoms with van der Waals surface area (Å²) >= 11 is 3.31. The number of hydrogen-bond acceptors (Lipinski definition) is 3. The quantitative estimate of drug-likeness (QED) is 0.871. The van der Waals surface area contributed by atoms with Crippen LogP contribution in [0.5, 0.6) is 0 Å². The lowest BCUT2D eigenvalue weighted by Gasteiger charge is -2.17. The monoisotopic (exact) mass is 331 g/mol. The van der Waals surface area contributed by atoms with E-state index in [1.54, 1.807) is 18.2 Å². The van der Waals surface area contributed by atoms with Crippen molar-refractivity contribution in [1.82, 2.24) is 5.32 Å². The van der Waals surface area contributed by atoms with E-state index in [4.69, 9.17) is 0 Å². The van der Waals surface area contributed by atoms with Crippen molar-refractivity contribution in [3.05, 3.63) is 28.7 Å². The molecule has 0 bridgehead atoms. The Kier molecular flexibility index (Phi) is 4.45. The Morgan fingerprint density at radius 3 is 2.72 bits per heavy atom. The Bertz CT molecular complexity index is 511. The van der Waals surface area contributed by atoms with Gasteiger partial charge in [-0.3, -0.25) is 0 Å². The van der Waals surface area contributed by atoms with Gasteiger partial charge in [0.1, 0.15) is 0 Å². The summed E-state index contributed by atoms with van der Waals surface area (Å²) < 4.78 is 25.5. The molecule has 0 aliphatic heterocycles. The molecule has 1 fully saturated rings. The third-order valence-corrected chi connectivity index (χ3v) is 5.47. The molecule has 100 valence electrons. The van der Waals surface area contributed by atoms with Crippen LogP contribution >= 0.6 is 15.9 Å². The normalized spacial score (nSPS) is 17.7. The van der Waals surface area contributed by atoms with Gasteiger partial charge in [0.2, 0.25) is 0 Å². The maximum atomic E-state index is 12.3. The highest BCUT2D eigenvalue weighted by Gasteiger charge is 2.34. The van der Waals surface area contributed by atoms with Gasteiger partial charge < -0.3 is 5.32 Å². The molecule has 1 aliphatic rings. The molecule has 1 saturated carbocycles. The smallest absolute Gasteiger partial charge is 0.179 e. The van der Waals surface area contributed by atoms with Crippen LogP contribution in [0.1, 0.15) is 19.8 Å². The lowest BCUT2D eigenvalue weighted by molar-refractivity contribution is 0.502. The van der Waals surface area contributed by atoms with Crippen LogP contribution in [0.2, 0.25) is 0 Å². The Morgan fingerprint density at radius 2 is 2.17 bits per heavy atom. The zero-order valence-corrected chi connectivity index (χ0v) is 12.8. The fourth-order valence-electron chi connectivity index (χ4n) is 2.12. The Labute approximate surface area is 117 Å². The van der Waals surface area contributed by atoms with Crippen molar-refractivity contribution in [3.63, 3.8) is 0 Å². The molecule has 0 heterocycles. The number of rotatable bonds is 6. The lowest BCUT2D eigenvalue weighted by Crippen LogP contribution is -2.37. The summed E-state index contributed by atoms with van der Waals surface area (Å²) in [5.74, 6) is 0.731. The minimum atomic E-state index is -3.20. The summed E-state index contributed by atoms with van der Waals surface area (Å²) in [5, 5.41) is 3.29. The van der Waals surface area contributed by atoms with Crippen molar-refractivity contribution in [3.8, 4) is 0 Å². The van der Waals surface area contributed by atoms with E-state index in [-0.39, 0.29) is 11.8 Å². The topological polar surface area (TPSA) is 46.2 Å². The van der Waals surface area contributed by atoms with Crippen molar-refractivity contribution in [2.45, 2.75) is 30.7 Å². The van der Waals surface area contributed by atoms with Gasteiger partial charge in [0.25, 0.3) is 0 Å². The molecule has 2 rings (SSSR count). The van der Waals surface area contributed by atoms with E-state index in [1.807, 2.05) is 13.0 Å². The third-order valence-electron chi connectivity index (χ3n) is 3.21. The van der Waals surface area contributed by atoms with Gasteiger partial charge in [-0.15, -0.1) is 0 Å². The van der Waals surface area contributed by atoms with Crippen molar-refractivity contribution in [2.24, 2.45) is 5.92 Å². The highest BCUT2D eigenvalue weighted by Crippen LogP contribution is 2.34. The van der Waals surface area contributed by atoms with Gasteiger partial charge in [-0.05, 0) is 43.5 Å². The fourth-order valence-corrected chi connectivity index (χ4v) is 4.31. The molecule has 1 atom stereocenters. The molecule has 0 amide bonds. The van der Waals surface area contributed by atoms with Crippen LogP contribution in [0.15, 0.2) is 33.6 Å². The molecule has 1 N–H and O–H groups in total. The van der Waals surface area contributed by atoms with Gasteiger partial charge >= 0.3 is 0 Å². The van der Waals surface area contributed by atoms with Gasteiger partial charge in [0.05, 0.1) is 10.6 Å². The maximum absolute atomic E-state index is 12.3. The number of sulfone groups is 1. The van der Waals surface area contributed by atoms with Crippen molar-refractivity contribution in [2.75, 3.05) is 12.3 Å². The molecule has 1 aromatic rings. The van der Waals surface area contributed by atoms with Crippen molar-refractivity contribution in [1.29, 1.82) is 0 Å². The van der Waals surface area contributed by atoms with E-state index >= 15 is 0 Å². The van der Waals surface area contributed by atoms with Crippen LogP contribution in [-0.2, 0) is 9.84 Å². The molecule has 3 nitrogen and oxygen atoms in total. The first-order valence-electron chi connectivity index (χ1n) is 6.24. The molecular formula is C13H18BrNO2S. The molecule has 18 heavy (non-hydrogen) atoms. The summed E-state index contributed by atoms with van der Waals surface area (Å²) in [6, 6.07) is 7.03. The van der Waals surface area contributed by atoms with Gasteiger partial charge in [-0.25, -0.2) is 8.42 Å². The van der Waals surface area contributed by atoms with E-state index in [0.29, 0.717) is 10.8 Å². The maximum Gasteiger partial charge on any atom is 0.179 e. The Balaban J connectivity index is 2.15. The lowest BCUT2D eigenvalue weighted by atomic mass is 10.2. The zero-order valence-electron chi connectivity index (χ0n) is 10.4. The second-order valence-corrected chi connectivity index (χ2v) is 7.69. The minimum Gasteiger partial charge on any atom is -0.313 e. The predicted molar refractivity (Wildman–Crippen MR) is 76.4 cm³/mol. The van der Waals surface area contributed by atoms with Gasteiger partial charge in [0.15, 0.2) is 9.84 Å². The average Bonchev–Trinajstić information content (AvgIpc) is 3.12. The predicted octanol–water partition coefficient (Wildman–Crippen LogP) is 2.61. The SMILES string of the molecule is CCNC(CS(=O)(=O)c1cccc(Br)c1)C1CC1. The van der Waals surface area contributed by atoms with Crippen molar-refractivity contribution < 1.29 is 8.42 Å². The summed E-state index contributed by atoms with van der Waals surface area (Å²) in [6.45, 7) is 2.83. The molecular weight excluding hydrogens is 314 g/mol. The van der Waals surface area contributed by atoms with Crippen molar-refractivity contribution >= 4 is 25.8 Å². The Hall–Kier alpha value is -0.390. The van der Waals surface area contributed by atoms with Gasteiger partial charge in [-0.1, -0.05) is 28.9 Å². The minimum absolute atomic E-state index is 0.0963. The molecule has 1 aromatic carbocycles. The van der Waals surface area contributed by atoms with E-state index in [0.717, 1.165) is 23.9 Å². The van der Waals surface area contributed by atoms with Crippen LogP contribution in [0, 0.1) is 5.92 Å². The largest absolute Gasteiger partial charge is 0.313 e. The van der Waals surface area contributed by atoms with E-state index < -0.39 is 9.84 Å². The molecule has 0 spiro atoms. The number of benzene rings is 1.